The van der Waals surface area contributed by atoms with Crippen LogP contribution in [0.3, 0.4) is 0 Å². The summed E-state index contributed by atoms with van der Waals surface area (Å²) in [5, 5.41) is 7.55. The van der Waals surface area contributed by atoms with Gasteiger partial charge in [0.15, 0.2) is 0 Å². The third-order valence-electron chi connectivity index (χ3n) is 8.62. The molecule has 0 aliphatic carbocycles. The van der Waals surface area contributed by atoms with E-state index in [1.165, 1.54) is 78.8 Å². The molecule has 6 rings (SSSR count). The number of rotatable bonds is 12. The Labute approximate surface area is 313 Å². The van der Waals surface area contributed by atoms with Gasteiger partial charge in [0.2, 0.25) is 20.0 Å². The number of nitrogens with zero attached hydrogens (tertiary/aromatic N) is 2. The zero-order valence-electron chi connectivity index (χ0n) is 30.0. The molecule has 17 heteroatoms. The van der Waals surface area contributed by atoms with Gasteiger partial charge in [0.05, 0.1) is 58.3 Å². The summed E-state index contributed by atoms with van der Waals surface area (Å²) < 4.78 is 106. The van der Waals surface area contributed by atoms with Crippen molar-refractivity contribution in [1.82, 2.24) is 8.61 Å². The molecule has 0 saturated heterocycles. The molecule has 14 nitrogen and oxygen atoms in total. The fourth-order valence-corrected chi connectivity index (χ4v) is 8.37. The molecular formula is C37H37N4O10S3+. The van der Waals surface area contributed by atoms with Gasteiger partial charge in [-0.3, -0.25) is 4.55 Å². The number of hydrogen-bond acceptors (Lipinski definition) is 10. The third-order valence-corrected chi connectivity index (χ3v) is 13.2. The van der Waals surface area contributed by atoms with Crippen molar-refractivity contribution in [3.63, 3.8) is 0 Å². The van der Waals surface area contributed by atoms with Crippen molar-refractivity contribution in [3.8, 4) is 22.6 Å². The largest absolute Gasteiger partial charge is 0.495 e. The Hall–Kier alpha value is -5.30. The molecule has 5 aromatic carbocycles. The molecule has 0 aliphatic heterocycles. The molecular weight excluding hydrogens is 757 g/mol. The minimum Gasteiger partial charge on any atom is -0.495 e. The Balaban J connectivity index is 1.50. The zero-order chi connectivity index (χ0) is 39.2. The van der Waals surface area contributed by atoms with Crippen molar-refractivity contribution in [1.29, 1.82) is 0 Å². The molecule has 0 bridgehead atoms. The first-order chi connectivity index (χ1) is 25.4. The lowest BCUT2D eigenvalue weighted by Gasteiger charge is -2.16. The van der Waals surface area contributed by atoms with Crippen LogP contribution in [-0.4, -0.2) is 80.8 Å². The Kier molecular flexibility index (Phi) is 10.3. The molecule has 54 heavy (non-hydrogen) atoms. The topological polar surface area (TPSA) is 183 Å². The minimum atomic E-state index is -4.65. The van der Waals surface area contributed by atoms with Crippen LogP contribution in [0.25, 0.3) is 33.1 Å². The first kappa shape index (κ1) is 38.4. The Morgan fingerprint density at radius 3 is 1.44 bits per heavy atom. The predicted octanol–water partition coefficient (Wildman–Crippen LogP) is 6.79. The number of benzene rings is 5. The normalized spacial score (nSPS) is 12.4. The van der Waals surface area contributed by atoms with Gasteiger partial charge in [-0.1, -0.05) is 18.2 Å². The van der Waals surface area contributed by atoms with E-state index in [1.807, 2.05) is 0 Å². The summed E-state index contributed by atoms with van der Waals surface area (Å²) in [6.45, 7) is 0. The Bertz CT molecular complexity index is 2620. The maximum atomic E-state index is 12.7. The number of nitrogens with one attached hydrogen (secondary N) is 2. The van der Waals surface area contributed by atoms with E-state index in [4.69, 9.17) is 13.9 Å². The highest BCUT2D eigenvalue weighted by atomic mass is 32.2. The van der Waals surface area contributed by atoms with Crippen LogP contribution in [-0.2, 0) is 30.2 Å². The third kappa shape index (κ3) is 7.29. The quantitative estimate of drug-likeness (QED) is 0.0672. The fraction of sp³-hybridized carbons (Fsp3) is 0.162. The van der Waals surface area contributed by atoms with Gasteiger partial charge >= 0.3 is 11.2 Å². The monoisotopic (exact) mass is 793 g/mol. The van der Waals surface area contributed by atoms with E-state index >= 15 is 0 Å². The summed E-state index contributed by atoms with van der Waals surface area (Å²) in [6, 6.07) is 25.4. The number of fused-ring (bicyclic) bond motifs is 2. The lowest BCUT2D eigenvalue weighted by Crippen LogP contribution is -2.22. The summed E-state index contributed by atoms with van der Waals surface area (Å²) in [4.78, 5) is -0.194. The lowest BCUT2D eigenvalue weighted by atomic mass is 9.96. The molecule has 0 saturated carbocycles. The highest BCUT2D eigenvalue weighted by Crippen LogP contribution is 2.42. The van der Waals surface area contributed by atoms with Gasteiger partial charge in [-0.15, -0.1) is 0 Å². The van der Waals surface area contributed by atoms with Crippen LogP contribution in [0.5, 0.6) is 11.5 Å². The SMILES string of the molecule is COc1cc(S(=O)(=O)N(C)C)ccc1Nc1ccc2c(-c3ccccc3S(=O)(=O)O)c3ccc(Nc4ccc(S(=O)(=O)N(C)C)cc4OC)cc3[o+]c2c1. The predicted molar refractivity (Wildman–Crippen MR) is 208 cm³/mol. The molecule has 0 spiro atoms. The summed E-state index contributed by atoms with van der Waals surface area (Å²) in [5.41, 5.74) is 3.41. The first-order valence-electron chi connectivity index (χ1n) is 16.1. The molecule has 282 valence electrons. The molecule has 3 N–H and O–H groups in total. The van der Waals surface area contributed by atoms with Crippen LogP contribution in [0.15, 0.2) is 116 Å². The molecule has 0 atom stereocenters. The van der Waals surface area contributed by atoms with E-state index in [2.05, 4.69) is 10.6 Å². The van der Waals surface area contributed by atoms with E-state index in [1.54, 1.807) is 60.7 Å². The van der Waals surface area contributed by atoms with Gasteiger partial charge in [0.1, 0.15) is 16.4 Å². The lowest BCUT2D eigenvalue weighted by molar-refractivity contribution is 0.415. The standard InChI is InChI=1S/C37H36N4O10S3/c1-40(2)52(42,43)25-13-17-30(34(21-25)49-5)38-23-11-15-27-32(19-23)51-33-20-24(39-31-18-14-26(22-35(31)50-6)53(44,45)41(3)4)12-16-28(33)37(27)29-9-7-8-10-36(29)54(46,47)48/h7-22,38-39H,1-6H3/p+1. The second-order valence-corrected chi connectivity index (χ2v) is 18.1. The minimum absolute atomic E-state index is 0.0496. The van der Waals surface area contributed by atoms with Gasteiger partial charge in [-0.05, 0) is 54.6 Å². The van der Waals surface area contributed by atoms with E-state index in [0.717, 1.165) is 8.61 Å². The molecule has 0 fully saturated rings. The maximum Gasteiger partial charge on any atom is 0.363 e. The van der Waals surface area contributed by atoms with E-state index in [9.17, 15) is 29.8 Å². The average Bonchev–Trinajstić information content (AvgIpc) is 3.13. The second kappa shape index (κ2) is 14.5. The number of ether oxygens (including phenoxy) is 2. The number of anilines is 4. The smallest absolute Gasteiger partial charge is 0.363 e. The van der Waals surface area contributed by atoms with E-state index in [-0.39, 0.29) is 31.7 Å². The zero-order valence-corrected chi connectivity index (χ0v) is 32.4. The highest BCUT2D eigenvalue weighted by Gasteiger charge is 2.27. The fourth-order valence-electron chi connectivity index (χ4n) is 5.84. The summed E-state index contributed by atoms with van der Waals surface area (Å²) in [7, 11) is -3.49. The molecule has 0 amide bonds. The molecule has 1 heterocycles. The summed E-state index contributed by atoms with van der Waals surface area (Å²) in [6.07, 6.45) is 0. The van der Waals surface area contributed by atoms with Gasteiger partial charge in [-0.2, -0.15) is 8.42 Å². The molecule has 0 radical (unpaired) electrons. The van der Waals surface area contributed by atoms with Gasteiger partial charge in [0, 0.05) is 62.8 Å². The molecule has 1 aromatic heterocycles. The van der Waals surface area contributed by atoms with Gasteiger partial charge in [0.25, 0.3) is 10.1 Å². The van der Waals surface area contributed by atoms with Crippen LogP contribution in [0.1, 0.15) is 0 Å². The van der Waals surface area contributed by atoms with E-state index in [0.29, 0.717) is 50.3 Å². The highest BCUT2D eigenvalue weighted by molar-refractivity contribution is 7.89. The van der Waals surface area contributed by atoms with E-state index < -0.39 is 30.2 Å². The van der Waals surface area contributed by atoms with Crippen LogP contribution in [0.4, 0.5) is 22.7 Å². The van der Waals surface area contributed by atoms with Crippen molar-refractivity contribution in [3.05, 3.63) is 97.1 Å². The molecule has 0 aliphatic rings. The second-order valence-electron chi connectivity index (χ2n) is 12.4. The Morgan fingerprint density at radius 1 is 0.593 bits per heavy atom. The van der Waals surface area contributed by atoms with Crippen molar-refractivity contribution < 1.29 is 43.7 Å². The number of hydrogen-bond donors (Lipinski definition) is 3. The van der Waals surface area contributed by atoms with Crippen molar-refractivity contribution in [2.45, 2.75) is 14.7 Å². The van der Waals surface area contributed by atoms with Crippen molar-refractivity contribution >= 4 is 74.9 Å². The summed E-state index contributed by atoms with van der Waals surface area (Å²) in [5.74, 6) is 0.546. The number of sulfonamides is 2. The van der Waals surface area contributed by atoms with Crippen LogP contribution in [0, 0.1) is 0 Å². The van der Waals surface area contributed by atoms with Gasteiger partial charge in [-0.25, -0.2) is 29.9 Å². The Morgan fingerprint density at radius 2 is 1.04 bits per heavy atom. The molecule has 6 aromatic rings. The van der Waals surface area contributed by atoms with Crippen molar-refractivity contribution in [2.24, 2.45) is 0 Å². The summed E-state index contributed by atoms with van der Waals surface area (Å²) >= 11 is 0. The van der Waals surface area contributed by atoms with Crippen LogP contribution < -0.4 is 20.1 Å². The molecule has 0 unspecified atom stereocenters. The number of methoxy groups -OCH3 is 2. The van der Waals surface area contributed by atoms with Crippen LogP contribution >= 0.6 is 0 Å². The maximum absolute atomic E-state index is 12.7. The first-order valence-corrected chi connectivity index (χ1v) is 20.4. The average molecular weight is 794 g/mol. The van der Waals surface area contributed by atoms with Gasteiger partial charge < -0.3 is 20.1 Å². The van der Waals surface area contributed by atoms with Crippen LogP contribution in [0.2, 0.25) is 0 Å². The van der Waals surface area contributed by atoms with Crippen molar-refractivity contribution in [2.75, 3.05) is 53.0 Å².